The first-order chi connectivity index (χ1) is 9.22. The lowest BCUT2D eigenvalue weighted by atomic mass is 10.1. The normalized spacial score (nSPS) is 10.6. The molecule has 0 unspecified atom stereocenters. The van der Waals surface area contributed by atoms with Crippen molar-refractivity contribution in [3.05, 3.63) is 53.6 Å². The molecule has 3 heteroatoms. The third-order valence-electron chi connectivity index (χ3n) is 2.87. The monoisotopic (exact) mass is 255 g/mol. The Morgan fingerprint density at radius 1 is 0.842 bits per heavy atom. The maximum absolute atomic E-state index is 5.96. The van der Waals surface area contributed by atoms with E-state index in [1.54, 1.807) is 14.2 Å². The zero-order valence-electron chi connectivity index (χ0n) is 11.1. The average molecular weight is 255 g/mol. The summed E-state index contributed by atoms with van der Waals surface area (Å²) in [4.78, 5) is 0. The molecule has 0 amide bonds. The number of methoxy groups -OCH3 is 2. The van der Waals surface area contributed by atoms with Crippen LogP contribution in [-0.2, 0) is 0 Å². The minimum atomic E-state index is 0.698. The summed E-state index contributed by atoms with van der Waals surface area (Å²) in [7, 11) is 3.28. The van der Waals surface area contributed by atoms with Crippen molar-refractivity contribution < 1.29 is 9.47 Å². The predicted octanol–water partition coefficient (Wildman–Crippen LogP) is 3.46. The highest BCUT2D eigenvalue weighted by Gasteiger charge is 1.98. The molecule has 0 heterocycles. The van der Waals surface area contributed by atoms with Gasteiger partial charge in [-0.3, -0.25) is 0 Å². The van der Waals surface area contributed by atoms with Gasteiger partial charge in [-0.15, -0.1) is 0 Å². The van der Waals surface area contributed by atoms with Gasteiger partial charge < -0.3 is 15.2 Å². The van der Waals surface area contributed by atoms with Crippen LogP contribution in [0.15, 0.2) is 42.5 Å². The zero-order valence-corrected chi connectivity index (χ0v) is 11.1. The van der Waals surface area contributed by atoms with Crippen LogP contribution in [0.2, 0.25) is 0 Å². The highest BCUT2D eigenvalue weighted by Crippen LogP contribution is 2.22. The van der Waals surface area contributed by atoms with Gasteiger partial charge in [-0.25, -0.2) is 0 Å². The van der Waals surface area contributed by atoms with Gasteiger partial charge in [0.25, 0.3) is 0 Å². The van der Waals surface area contributed by atoms with Crippen LogP contribution in [0.3, 0.4) is 0 Å². The molecule has 98 valence electrons. The van der Waals surface area contributed by atoms with Crippen LogP contribution >= 0.6 is 0 Å². The fourth-order valence-corrected chi connectivity index (χ4v) is 1.73. The van der Waals surface area contributed by atoms with Crippen molar-refractivity contribution in [1.29, 1.82) is 0 Å². The Morgan fingerprint density at radius 3 is 2.05 bits per heavy atom. The molecular weight excluding hydrogens is 238 g/mol. The largest absolute Gasteiger partial charge is 0.497 e. The predicted molar refractivity (Wildman–Crippen MR) is 79.3 cm³/mol. The first-order valence-corrected chi connectivity index (χ1v) is 5.98. The molecule has 2 rings (SSSR count). The Kier molecular flexibility index (Phi) is 4.08. The van der Waals surface area contributed by atoms with E-state index >= 15 is 0 Å². The van der Waals surface area contributed by atoms with Gasteiger partial charge in [0.15, 0.2) is 0 Å². The van der Waals surface area contributed by atoms with Gasteiger partial charge in [-0.05, 0) is 35.4 Å². The number of hydrogen-bond acceptors (Lipinski definition) is 3. The highest BCUT2D eigenvalue weighted by atomic mass is 16.5. The van der Waals surface area contributed by atoms with Crippen LogP contribution in [0.1, 0.15) is 11.1 Å². The lowest BCUT2D eigenvalue weighted by Crippen LogP contribution is -1.91. The van der Waals surface area contributed by atoms with E-state index in [0.29, 0.717) is 5.69 Å². The minimum Gasteiger partial charge on any atom is -0.497 e. The van der Waals surface area contributed by atoms with Crippen LogP contribution in [0.4, 0.5) is 5.69 Å². The van der Waals surface area contributed by atoms with Crippen molar-refractivity contribution in [3.8, 4) is 11.5 Å². The van der Waals surface area contributed by atoms with Gasteiger partial charge in [-0.1, -0.05) is 24.3 Å². The quantitative estimate of drug-likeness (QED) is 0.672. The lowest BCUT2D eigenvalue weighted by Gasteiger charge is -2.04. The number of nitrogens with two attached hydrogens (primary N) is 1. The van der Waals surface area contributed by atoms with Crippen molar-refractivity contribution in [1.82, 2.24) is 0 Å². The molecule has 0 aromatic heterocycles. The van der Waals surface area contributed by atoms with E-state index < -0.39 is 0 Å². The molecule has 0 aliphatic carbocycles. The molecule has 2 aromatic carbocycles. The van der Waals surface area contributed by atoms with E-state index in [1.807, 2.05) is 54.6 Å². The van der Waals surface area contributed by atoms with Crippen molar-refractivity contribution in [2.75, 3.05) is 20.0 Å². The van der Waals surface area contributed by atoms with Crippen molar-refractivity contribution in [2.24, 2.45) is 0 Å². The lowest BCUT2D eigenvalue weighted by molar-refractivity contribution is 0.414. The maximum Gasteiger partial charge on any atom is 0.120 e. The van der Waals surface area contributed by atoms with Crippen LogP contribution < -0.4 is 15.2 Å². The first kappa shape index (κ1) is 13.0. The Morgan fingerprint density at radius 2 is 1.47 bits per heavy atom. The summed E-state index contributed by atoms with van der Waals surface area (Å²) < 4.78 is 10.2. The summed E-state index contributed by atoms with van der Waals surface area (Å²) in [5.41, 5.74) is 8.72. The number of anilines is 1. The molecule has 2 aromatic rings. The molecule has 0 fully saturated rings. The molecule has 0 saturated carbocycles. The van der Waals surface area contributed by atoms with Gasteiger partial charge >= 0.3 is 0 Å². The molecule has 0 radical (unpaired) electrons. The molecule has 0 atom stereocenters. The molecule has 0 aliphatic heterocycles. The van der Waals surface area contributed by atoms with E-state index in [-0.39, 0.29) is 0 Å². The smallest absolute Gasteiger partial charge is 0.120 e. The van der Waals surface area contributed by atoms with Crippen molar-refractivity contribution in [3.63, 3.8) is 0 Å². The Balaban J connectivity index is 2.17. The van der Waals surface area contributed by atoms with Crippen molar-refractivity contribution >= 4 is 17.8 Å². The maximum atomic E-state index is 5.96. The van der Waals surface area contributed by atoms with E-state index in [9.17, 15) is 0 Å². The molecule has 0 saturated heterocycles. The summed E-state index contributed by atoms with van der Waals surface area (Å²) in [6.07, 6.45) is 3.99. The Bertz CT molecular complexity index is 574. The first-order valence-electron chi connectivity index (χ1n) is 5.98. The van der Waals surface area contributed by atoms with Gasteiger partial charge in [0.1, 0.15) is 11.5 Å². The second-order valence-electron chi connectivity index (χ2n) is 4.10. The topological polar surface area (TPSA) is 44.5 Å². The van der Waals surface area contributed by atoms with Crippen LogP contribution in [0.5, 0.6) is 11.5 Å². The van der Waals surface area contributed by atoms with E-state index in [2.05, 4.69) is 0 Å². The summed E-state index contributed by atoms with van der Waals surface area (Å²) in [6, 6.07) is 13.5. The Hall–Kier alpha value is -2.42. The number of rotatable bonds is 4. The van der Waals surface area contributed by atoms with Gasteiger partial charge in [-0.2, -0.15) is 0 Å². The number of nitrogen functional groups attached to an aromatic ring is 1. The third kappa shape index (κ3) is 3.28. The molecule has 19 heavy (non-hydrogen) atoms. The molecule has 0 aliphatic rings. The fourth-order valence-electron chi connectivity index (χ4n) is 1.73. The second kappa shape index (κ2) is 5.96. The Labute approximate surface area is 113 Å². The third-order valence-corrected chi connectivity index (χ3v) is 2.87. The average Bonchev–Trinajstić information content (AvgIpc) is 2.46. The zero-order chi connectivity index (χ0) is 13.7. The number of hydrogen-bond donors (Lipinski definition) is 1. The van der Waals surface area contributed by atoms with Crippen LogP contribution in [-0.4, -0.2) is 14.2 Å². The second-order valence-corrected chi connectivity index (χ2v) is 4.10. The summed E-state index contributed by atoms with van der Waals surface area (Å²) in [5, 5.41) is 0. The highest BCUT2D eigenvalue weighted by molar-refractivity contribution is 5.76. The molecule has 0 spiro atoms. The standard InChI is InChI=1S/C16H17NO2/c1-18-14-8-4-12(5-9-14)3-6-13-7-10-15(19-2)11-16(13)17/h3-11H,17H2,1-2H3/b6-3+. The van der Waals surface area contributed by atoms with Crippen LogP contribution in [0.25, 0.3) is 12.2 Å². The molecule has 0 bridgehead atoms. The van der Waals surface area contributed by atoms with Crippen LogP contribution in [0, 0.1) is 0 Å². The minimum absolute atomic E-state index is 0.698. The summed E-state index contributed by atoms with van der Waals surface area (Å²) >= 11 is 0. The molecular formula is C16H17NO2. The van der Waals surface area contributed by atoms with Gasteiger partial charge in [0.05, 0.1) is 14.2 Å². The van der Waals surface area contributed by atoms with E-state index in [1.165, 1.54) is 0 Å². The number of ether oxygens (including phenoxy) is 2. The number of benzene rings is 2. The SMILES string of the molecule is COc1ccc(/C=C/c2ccc(OC)cc2N)cc1. The van der Waals surface area contributed by atoms with Crippen molar-refractivity contribution in [2.45, 2.75) is 0 Å². The fraction of sp³-hybridized carbons (Fsp3) is 0.125. The molecule has 3 nitrogen and oxygen atoms in total. The van der Waals surface area contributed by atoms with E-state index in [0.717, 1.165) is 22.6 Å². The molecule has 2 N–H and O–H groups in total. The summed E-state index contributed by atoms with van der Waals surface area (Å²) in [6.45, 7) is 0. The van der Waals surface area contributed by atoms with E-state index in [4.69, 9.17) is 15.2 Å². The van der Waals surface area contributed by atoms with Gasteiger partial charge in [0.2, 0.25) is 0 Å². The van der Waals surface area contributed by atoms with Gasteiger partial charge in [0, 0.05) is 11.8 Å². The summed E-state index contributed by atoms with van der Waals surface area (Å²) in [5.74, 6) is 1.61.